The monoisotopic (exact) mass is 444 g/mol. The van der Waals surface area contributed by atoms with Gasteiger partial charge in [0.15, 0.2) is 0 Å². The van der Waals surface area contributed by atoms with Gasteiger partial charge in [-0.25, -0.2) is 17.8 Å². The van der Waals surface area contributed by atoms with Crippen molar-refractivity contribution in [2.24, 2.45) is 0 Å². The summed E-state index contributed by atoms with van der Waals surface area (Å²) in [7, 11) is -4.01. The molecule has 2 atom stereocenters. The van der Waals surface area contributed by atoms with Gasteiger partial charge in [-0.05, 0) is 57.2 Å². The van der Waals surface area contributed by atoms with Crippen LogP contribution in [-0.4, -0.2) is 38.6 Å². The molecule has 3 aromatic rings. The summed E-state index contributed by atoms with van der Waals surface area (Å²) >= 11 is 0. The van der Waals surface area contributed by atoms with Gasteiger partial charge in [0.25, 0.3) is 10.0 Å². The molecule has 3 heterocycles. The van der Waals surface area contributed by atoms with Gasteiger partial charge in [-0.3, -0.25) is 4.72 Å². The van der Waals surface area contributed by atoms with E-state index in [1.54, 1.807) is 31.3 Å². The summed E-state index contributed by atoms with van der Waals surface area (Å²) in [5.41, 5.74) is 1.08. The molecule has 1 fully saturated rings. The van der Waals surface area contributed by atoms with Crippen LogP contribution in [0.15, 0.2) is 58.0 Å². The highest BCUT2D eigenvalue weighted by Gasteiger charge is 2.23. The first-order chi connectivity index (χ1) is 14.7. The molecule has 0 bridgehead atoms. The third kappa shape index (κ3) is 4.72. The summed E-state index contributed by atoms with van der Waals surface area (Å²) in [5.74, 6) is 0.498. The summed E-state index contributed by atoms with van der Waals surface area (Å²) in [5, 5.41) is 3.47. The Morgan fingerprint density at radius 2 is 1.87 bits per heavy atom. The van der Waals surface area contributed by atoms with E-state index in [9.17, 15) is 12.8 Å². The largest absolute Gasteiger partial charge is 0.461 e. The first-order valence-electron chi connectivity index (χ1n) is 10.1. The molecule has 1 saturated heterocycles. The van der Waals surface area contributed by atoms with Crippen LogP contribution >= 0.6 is 0 Å². The second-order valence-corrected chi connectivity index (χ2v) is 9.61. The van der Waals surface area contributed by atoms with E-state index in [1.807, 2.05) is 6.07 Å². The van der Waals surface area contributed by atoms with Crippen LogP contribution in [0.25, 0.3) is 11.3 Å². The molecule has 2 N–H and O–H groups in total. The van der Waals surface area contributed by atoms with Gasteiger partial charge in [0.1, 0.15) is 23.2 Å². The van der Waals surface area contributed by atoms with Gasteiger partial charge >= 0.3 is 0 Å². The van der Waals surface area contributed by atoms with E-state index >= 15 is 0 Å². The van der Waals surface area contributed by atoms with Crippen LogP contribution in [0.2, 0.25) is 0 Å². The summed E-state index contributed by atoms with van der Waals surface area (Å²) < 4.78 is 48.2. The SMILES string of the molecule is Cc1ccc(-c2ccc(S(=O)(=O)Nc3cc(N4CC(C)N[C@@H](C)C4)ccn3)cc2F)o1. The molecule has 1 aliphatic heterocycles. The van der Waals surface area contributed by atoms with E-state index in [0.717, 1.165) is 24.8 Å². The van der Waals surface area contributed by atoms with Crippen molar-refractivity contribution in [3.05, 3.63) is 60.2 Å². The van der Waals surface area contributed by atoms with Crippen molar-refractivity contribution in [3.63, 3.8) is 0 Å². The number of piperazine rings is 1. The third-order valence-corrected chi connectivity index (χ3v) is 6.51. The van der Waals surface area contributed by atoms with Crippen molar-refractivity contribution in [3.8, 4) is 11.3 Å². The molecular weight excluding hydrogens is 419 g/mol. The highest BCUT2D eigenvalue weighted by atomic mass is 32.2. The minimum atomic E-state index is -4.01. The quantitative estimate of drug-likeness (QED) is 0.623. The number of nitrogens with zero attached hydrogens (tertiary/aromatic N) is 2. The Bertz CT molecular complexity index is 1180. The number of aryl methyl sites for hydroxylation is 1. The lowest BCUT2D eigenvalue weighted by atomic mass is 10.1. The van der Waals surface area contributed by atoms with Crippen LogP contribution in [-0.2, 0) is 10.0 Å². The lowest BCUT2D eigenvalue weighted by Crippen LogP contribution is -2.54. The highest BCUT2D eigenvalue weighted by Crippen LogP contribution is 2.28. The minimum Gasteiger partial charge on any atom is -0.461 e. The highest BCUT2D eigenvalue weighted by molar-refractivity contribution is 7.92. The van der Waals surface area contributed by atoms with Gasteiger partial charge in [0.05, 0.1) is 10.5 Å². The van der Waals surface area contributed by atoms with E-state index < -0.39 is 15.8 Å². The van der Waals surface area contributed by atoms with Gasteiger partial charge < -0.3 is 14.6 Å². The van der Waals surface area contributed by atoms with Crippen LogP contribution in [0.4, 0.5) is 15.9 Å². The molecule has 31 heavy (non-hydrogen) atoms. The molecule has 4 rings (SSSR count). The molecule has 7 nitrogen and oxygen atoms in total. The van der Waals surface area contributed by atoms with Crippen molar-refractivity contribution >= 4 is 21.5 Å². The third-order valence-electron chi connectivity index (χ3n) is 5.16. The number of hydrogen-bond acceptors (Lipinski definition) is 6. The van der Waals surface area contributed by atoms with Gasteiger partial charge in [0.2, 0.25) is 0 Å². The maximum Gasteiger partial charge on any atom is 0.263 e. The fourth-order valence-corrected chi connectivity index (χ4v) is 4.86. The molecule has 0 amide bonds. The topological polar surface area (TPSA) is 87.5 Å². The van der Waals surface area contributed by atoms with Crippen molar-refractivity contribution in [1.82, 2.24) is 10.3 Å². The number of aromatic nitrogens is 1. The maximum atomic E-state index is 14.6. The van der Waals surface area contributed by atoms with Crippen molar-refractivity contribution in [1.29, 1.82) is 0 Å². The molecule has 1 aromatic carbocycles. The average molecular weight is 445 g/mol. The van der Waals surface area contributed by atoms with E-state index in [0.29, 0.717) is 23.6 Å². The number of furan rings is 1. The number of pyridine rings is 1. The molecule has 2 aromatic heterocycles. The average Bonchev–Trinajstić information content (AvgIpc) is 3.13. The minimum absolute atomic E-state index is 0.183. The Balaban J connectivity index is 1.56. The number of halogens is 1. The second kappa shape index (κ2) is 8.32. The zero-order valence-corrected chi connectivity index (χ0v) is 18.4. The van der Waals surface area contributed by atoms with Gasteiger partial charge in [-0.1, -0.05) is 0 Å². The van der Waals surface area contributed by atoms with Crippen LogP contribution < -0.4 is 14.9 Å². The number of benzene rings is 1. The van der Waals surface area contributed by atoms with E-state index in [2.05, 4.69) is 33.8 Å². The first kappa shape index (κ1) is 21.3. The molecule has 164 valence electrons. The number of nitrogens with one attached hydrogen (secondary N) is 2. The normalized spacial score (nSPS) is 19.4. The number of sulfonamides is 1. The summed E-state index contributed by atoms with van der Waals surface area (Å²) in [4.78, 5) is 6.13. The van der Waals surface area contributed by atoms with Gasteiger partial charge in [-0.2, -0.15) is 0 Å². The predicted octanol–water partition coefficient (Wildman–Crippen LogP) is 3.78. The van der Waals surface area contributed by atoms with Crippen molar-refractivity contribution < 1.29 is 17.2 Å². The van der Waals surface area contributed by atoms with Crippen LogP contribution in [0, 0.1) is 12.7 Å². The Morgan fingerprint density at radius 3 is 2.52 bits per heavy atom. The summed E-state index contributed by atoms with van der Waals surface area (Å²) in [6, 6.07) is 11.3. The van der Waals surface area contributed by atoms with Crippen LogP contribution in [0.5, 0.6) is 0 Å². The van der Waals surface area contributed by atoms with Crippen molar-refractivity contribution in [2.75, 3.05) is 22.7 Å². The first-order valence-corrected chi connectivity index (χ1v) is 11.6. The fourth-order valence-electron chi connectivity index (χ4n) is 3.85. The number of rotatable bonds is 5. The molecule has 0 spiro atoms. The smallest absolute Gasteiger partial charge is 0.263 e. The summed E-state index contributed by atoms with van der Waals surface area (Å²) in [6.07, 6.45) is 1.56. The predicted molar refractivity (Wildman–Crippen MR) is 118 cm³/mol. The lowest BCUT2D eigenvalue weighted by Gasteiger charge is -2.37. The molecule has 1 unspecified atom stereocenters. The molecule has 9 heteroatoms. The van der Waals surface area contributed by atoms with Gasteiger partial charge in [0, 0.05) is 43.1 Å². The number of anilines is 2. The Morgan fingerprint density at radius 1 is 1.13 bits per heavy atom. The molecular formula is C22H25FN4O3S. The molecule has 0 aliphatic carbocycles. The van der Waals surface area contributed by atoms with Gasteiger partial charge in [-0.15, -0.1) is 0 Å². The zero-order valence-electron chi connectivity index (χ0n) is 17.6. The van der Waals surface area contributed by atoms with E-state index in [4.69, 9.17) is 4.42 Å². The van der Waals surface area contributed by atoms with Crippen LogP contribution in [0.1, 0.15) is 19.6 Å². The Labute approximate surface area is 181 Å². The standard InChI is InChI=1S/C22H25FN4O3S/c1-14-12-27(13-15(2)25-14)17-8-9-24-22(10-17)26-31(28,29)18-5-6-19(20(23)11-18)21-7-4-16(3)30-21/h4-11,14-15,25H,12-13H2,1-3H3,(H,24,26)/t14-,15?/m0/s1. The Hall–Kier alpha value is -2.91. The summed E-state index contributed by atoms with van der Waals surface area (Å²) in [6.45, 7) is 7.58. The van der Waals surface area contributed by atoms with Crippen LogP contribution in [0.3, 0.4) is 0 Å². The van der Waals surface area contributed by atoms with E-state index in [1.165, 1.54) is 12.1 Å². The second-order valence-electron chi connectivity index (χ2n) is 7.93. The fraction of sp³-hybridized carbons (Fsp3) is 0.318. The molecule has 1 aliphatic rings. The van der Waals surface area contributed by atoms with E-state index in [-0.39, 0.29) is 16.3 Å². The van der Waals surface area contributed by atoms with Crippen molar-refractivity contribution in [2.45, 2.75) is 37.8 Å². The molecule has 0 saturated carbocycles. The molecule has 0 radical (unpaired) electrons. The maximum absolute atomic E-state index is 14.6. The lowest BCUT2D eigenvalue weighted by molar-refractivity contribution is 0.407. The zero-order chi connectivity index (χ0) is 22.2. The number of hydrogen-bond donors (Lipinski definition) is 2. The Kier molecular flexibility index (Phi) is 5.72.